The van der Waals surface area contributed by atoms with E-state index in [1.807, 2.05) is 47.2 Å². The molecule has 0 aliphatic heterocycles. The van der Waals surface area contributed by atoms with Crippen molar-refractivity contribution in [2.24, 2.45) is 0 Å². The van der Waals surface area contributed by atoms with Crippen LogP contribution in [0, 0.1) is 0 Å². The van der Waals surface area contributed by atoms with Crippen molar-refractivity contribution in [3.63, 3.8) is 0 Å². The lowest BCUT2D eigenvalue weighted by Gasteiger charge is -2.17. The van der Waals surface area contributed by atoms with Crippen LogP contribution in [-0.2, 0) is 16.1 Å². The smallest absolute Gasteiger partial charge is 0.279 e. The summed E-state index contributed by atoms with van der Waals surface area (Å²) in [5, 5.41) is 1.05. The number of nitrogens with one attached hydrogen (secondary N) is 2. The van der Waals surface area contributed by atoms with E-state index in [0.29, 0.717) is 11.5 Å². The summed E-state index contributed by atoms with van der Waals surface area (Å²) in [5.41, 5.74) is 5.74. The van der Waals surface area contributed by atoms with E-state index in [1.54, 1.807) is 25.1 Å². The molecule has 0 aliphatic carbocycles. The molecule has 0 saturated heterocycles. The quantitative estimate of drug-likeness (QED) is 0.655. The number of carbonyl (C=O) groups is 2. The highest BCUT2D eigenvalue weighted by Crippen LogP contribution is 2.26. The molecule has 1 heterocycles. The highest BCUT2D eigenvalue weighted by atomic mass is 16.5. The molecular weight excluding hydrogens is 346 g/mol. The predicted octanol–water partition coefficient (Wildman–Crippen LogP) is 2.26. The molecule has 7 nitrogen and oxygen atoms in total. The van der Waals surface area contributed by atoms with E-state index >= 15 is 0 Å². The topological polar surface area (TPSA) is 81.6 Å². The number of nitrogens with zero attached hydrogens (tertiary/aromatic N) is 1. The van der Waals surface area contributed by atoms with Crippen molar-refractivity contribution in [2.75, 3.05) is 7.11 Å². The van der Waals surface area contributed by atoms with Gasteiger partial charge in [-0.1, -0.05) is 30.3 Å². The second-order valence-electron chi connectivity index (χ2n) is 5.95. The summed E-state index contributed by atoms with van der Waals surface area (Å²) in [4.78, 5) is 24.3. The Bertz CT molecular complexity index is 951. The number of hydrogen-bond acceptors (Lipinski definition) is 4. The third-order valence-corrected chi connectivity index (χ3v) is 4.06. The summed E-state index contributed by atoms with van der Waals surface area (Å²) < 4.78 is 12.6. The minimum atomic E-state index is -0.811. The van der Waals surface area contributed by atoms with E-state index in [4.69, 9.17) is 9.47 Å². The minimum absolute atomic E-state index is 0.0928. The van der Waals surface area contributed by atoms with Gasteiger partial charge >= 0.3 is 0 Å². The van der Waals surface area contributed by atoms with Gasteiger partial charge in [0.2, 0.25) is 0 Å². The number of aromatic nitrogens is 1. The van der Waals surface area contributed by atoms with Gasteiger partial charge in [0.15, 0.2) is 17.6 Å². The average Bonchev–Trinajstić information content (AvgIpc) is 3.09. The lowest BCUT2D eigenvalue weighted by atomic mass is 10.2. The summed E-state index contributed by atoms with van der Waals surface area (Å²) >= 11 is 0. The van der Waals surface area contributed by atoms with E-state index in [1.165, 1.54) is 7.11 Å². The maximum absolute atomic E-state index is 12.2. The third kappa shape index (κ3) is 4.38. The maximum atomic E-state index is 12.2. The van der Waals surface area contributed by atoms with Crippen LogP contribution in [0.15, 0.2) is 60.8 Å². The SMILES string of the molecule is COc1ccccc1OC(C)C(=O)NNC(=O)Cn1ccc2ccccc21. The van der Waals surface area contributed by atoms with E-state index in [0.717, 1.165) is 10.9 Å². The van der Waals surface area contributed by atoms with Crippen LogP contribution in [0.2, 0.25) is 0 Å². The van der Waals surface area contributed by atoms with Gasteiger partial charge in [0.1, 0.15) is 6.54 Å². The van der Waals surface area contributed by atoms with Gasteiger partial charge in [-0.3, -0.25) is 20.4 Å². The minimum Gasteiger partial charge on any atom is -0.493 e. The molecule has 2 N–H and O–H groups in total. The summed E-state index contributed by atoms with van der Waals surface area (Å²) in [6.45, 7) is 1.68. The van der Waals surface area contributed by atoms with Crippen molar-refractivity contribution in [3.05, 3.63) is 60.8 Å². The van der Waals surface area contributed by atoms with Crippen molar-refractivity contribution in [3.8, 4) is 11.5 Å². The average molecular weight is 367 g/mol. The molecule has 0 spiro atoms. The van der Waals surface area contributed by atoms with Crippen LogP contribution in [0.4, 0.5) is 0 Å². The molecule has 2 aromatic carbocycles. The monoisotopic (exact) mass is 367 g/mol. The van der Waals surface area contributed by atoms with Crippen LogP contribution in [0.5, 0.6) is 11.5 Å². The van der Waals surface area contributed by atoms with Crippen molar-refractivity contribution < 1.29 is 19.1 Å². The molecular formula is C20H21N3O4. The largest absolute Gasteiger partial charge is 0.493 e. The Morgan fingerprint density at radius 2 is 1.70 bits per heavy atom. The lowest BCUT2D eigenvalue weighted by Crippen LogP contribution is -2.48. The van der Waals surface area contributed by atoms with Gasteiger partial charge in [-0.25, -0.2) is 0 Å². The molecule has 1 aromatic heterocycles. The molecule has 27 heavy (non-hydrogen) atoms. The second kappa shape index (κ2) is 8.27. The second-order valence-corrected chi connectivity index (χ2v) is 5.95. The Balaban J connectivity index is 1.53. The molecule has 3 aromatic rings. The number of amides is 2. The number of rotatable bonds is 6. The van der Waals surface area contributed by atoms with Crippen molar-refractivity contribution >= 4 is 22.7 Å². The van der Waals surface area contributed by atoms with E-state index in [2.05, 4.69) is 10.9 Å². The molecule has 140 valence electrons. The Morgan fingerprint density at radius 1 is 1.00 bits per heavy atom. The third-order valence-electron chi connectivity index (χ3n) is 4.06. The first-order chi connectivity index (χ1) is 13.1. The van der Waals surface area contributed by atoms with Crippen LogP contribution < -0.4 is 20.3 Å². The first-order valence-electron chi connectivity index (χ1n) is 8.50. The Labute approximate surface area is 156 Å². The zero-order valence-electron chi connectivity index (χ0n) is 15.1. The van der Waals surface area contributed by atoms with Crippen LogP contribution >= 0.6 is 0 Å². The maximum Gasteiger partial charge on any atom is 0.279 e. The van der Waals surface area contributed by atoms with E-state index in [9.17, 15) is 9.59 Å². The van der Waals surface area contributed by atoms with Crippen LogP contribution in [-0.4, -0.2) is 29.6 Å². The fourth-order valence-corrected chi connectivity index (χ4v) is 2.67. The first-order valence-corrected chi connectivity index (χ1v) is 8.50. The Kier molecular flexibility index (Phi) is 5.61. The molecule has 1 atom stereocenters. The molecule has 2 amide bonds. The normalized spacial score (nSPS) is 11.6. The van der Waals surface area contributed by atoms with Crippen molar-refractivity contribution in [2.45, 2.75) is 19.6 Å². The zero-order valence-corrected chi connectivity index (χ0v) is 15.1. The number of hydrazine groups is 1. The lowest BCUT2D eigenvalue weighted by molar-refractivity contribution is -0.132. The number of hydrogen-bond donors (Lipinski definition) is 2. The number of para-hydroxylation sites is 3. The highest BCUT2D eigenvalue weighted by molar-refractivity contribution is 5.86. The number of methoxy groups -OCH3 is 1. The van der Waals surface area contributed by atoms with Gasteiger partial charge in [0.05, 0.1) is 7.11 Å². The van der Waals surface area contributed by atoms with Crippen LogP contribution in [0.25, 0.3) is 10.9 Å². The van der Waals surface area contributed by atoms with Gasteiger partial charge in [0.25, 0.3) is 11.8 Å². The Hall–Kier alpha value is -3.48. The number of carbonyl (C=O) groups excluding carboxylic acids is 2. The van der Waals surface area contributed by atoms with Gasteiger partial charge in [0, 0.05) is 11.7 Å². The molecule has 0 fully saturated rings. The van der Waals surface area contributed by atoms with Crippen molar-refractivity contribution in [1.29, 1.82) is 0 Å². The number of fused-ring (bicyclic) bond motifs is 1. The standard InChI is InChI=1S/C20H21N3O4/c1-14(27-18-10-6-5-9-17(18)26-2)20(25)22-21-19(24)13-23-12-11-15-7-3-4-8-16(15)23/h3-12,14H,13H2,1-2H3,(H,21,24)(H,22,25). The molecule has 0 radical (unpaired) electrons. The summed E-state index contributed by atoms with van der Waals surface area (Å²) in [7, 11) is 1.53. The molecule has 3 rings (SSSR count). The van der Waals surface area contributed by atoms with Gasteiger partial charge in [-0.2, -0.15) is 0 Å². The van der Waals surface area contributed by atoms with E-state index < -0.39 is 12.0 Å². The van der Waals surface area contributed by atoms with Crippen LogP contribution in [0.3, 0.4) is 0 Å². The molecule has 1 unspecified atom stereocenters. The fraction of sp³-hybridized carbons (Fsp3) is 0.200. The molecule has 0 bridgehead atoms. The first kappa shape index (κ1) is 18.3. The summed E-state index contributed by atoms with van der Waals surface area (Å²) in [6, 6.07) is 16.7. The van der Waals surface area contributed by atoms with Gasteiger partial charge in [-0.05, 0) is 36.6 Å². The number of ether oxygens (including phenoxy) is 2. The van der Waals surface area contributed by atoms with Crippen molar-refractivity contribution in [1.82, 2.24) is 15.4 Å². The summed E-state index contributed by atoms with van der Waals surface area (Å²) in [5.74, 6) is 0.175. The highest BCUT2D eigenvalue weighted by Gasteiger charge is 2.17. The predicted molar refractivity (Wildman–Crippen MR) is 101 cm³/mol. The Morgan fingerprint density at radius 3 is 2.48 bits per heavy atom. The molecule has 0 saturated carbocycles. The van der Waals surface area contributed by atoms with Gasteiger partial charge < -0.3 is 14.0 Å². The zero-order chi connectivity index (χ0) is 19.2. The van der Waals surface area contributed by atoms with Gasteiger partial charge in [-0.15, -0.1) is 0 Å². The molecule has 0 aliphatic rings. The van der Waals surface area contributed by atoms with Crippen LogP contribution in [0.1, 0.15) is 6.92 Å². The molecule has 7 heteroatoms. The summed E-state index contributed by atoms with van der Waals surface area (Å²) in [6.07, 6.45) is 1.02. The number of benzene rings is 2. The fourth-order valence-electron chi connectivity index (χ4n) is 2.67. The van der Waals surface area contributed by atoms with E-state index in [-0.39, 0.29) is 12.5 Å².